The van der Waals surface area contributed by atoms with E-state index in [0.29, 0.717) is 10.6 Å². The summed E-state index contributed by atoms with van der Waals surface area (Å²) in [4.78, 5) is 14.4. The van der Waals surface area contributed by atoms with Crippen molar-refractivity contribution in [2.45, 2.75) is 41.0 Å². The molecule has 5 heterocycles. The molecule has 2 aromatic carbocycles. The largest absolute Gasteiger partial charge is 0.486 e. The van der Waals surface area contributed by atoms with Gasteiger partial charge in [-0.25, -0.2) is 4.98 Å². The van der Waals surface area contributed by atoms with E-state index in [2.05, 4.69) is 28.2 Å². The Labute approximate surface area is 267 Å². The molecule has 7 aromatic rings. The van der Waals surface area contributed by atoms with Gasteiger partial charge in [-0.05, 0) is 66.9 Å². The number of thiophene rings is 1. The minimum atomic E-state index is -1.44. The van der Waals surface area contributed by atoms with Gasteiger partial charge in [0, 0.05) is 45.0 Å². The molecule has 0 aliphatic rings. The van der Waals surface area contributed by atoms with E-state index in [9.17, 15) is 0 Å². The van der Waals surface area contributed by atoms with E-state index in [1.807, 2.05) is 114 Å². The van der Waals surface area contributed by atoms with Crippen molar-refractivity contribution >= 4 is 43.6 Å². The maximum Gasteiger partial charge on any atom is 0.216 e. The molecular formula is C36H31IrN3OS-2. The topological polar surface area (TPSA) is 51.8 Å². The molecule has 0 spiro atoms. The molecule has 7 rings (SSSR count). The van der Waals surface area contributed by atoms with Crippen LogP contribution in [0.5, 0.6) is 0 Å². The van der Waals surface area contributed by atoms with Crippen LogP contribution >= 0.6 is 11.3 Å². The molecule has 0 N–H and O–H groups in total. The minimum Gasteiger partial charge on any atom is -0.486 e. The molecule has 0 amide bonds. The van der Waals surface area contributed by atoms with Crippen LogP contribution in [0, 0.1) is 31.4 Å². The SMILES string of the molecule is Cc1ccc(-c2[c-]cccc2)nc1.[2H]C([2H])(c1cc2nc(-c3[c-]ccc4c3oc3nc(C)ccc34)ccc2s1)C(C)(C)C.[Ir]. The molecule has 4 nitrogen and oxygen atoms in total. The van der Waals surface area contributed by atoms with Crippen molar-refractivity contribution in [3.8, 4) is 22.5 Å². The molecule has 0 aliphatic heterocycles. The molecule has 0 bridgehead atoms. The fraction of sp³-hybridized carbons (Fsp3) is 0.194. The van der Waals surface area contributed by atoms with Gasteiger partial charge in [0.25, 0.3) is 0 Å². The van der Waals surface area contributed by atoms with E-state index in [1.165, 1.54) is 16.9 Å². The summed E-state index contributed by atoms with van der Waals surface area (Å²) in [7, 11) is 0. The molecule has 5 aromatic heterocycles. The zero-order chi connectivity index (χ0) is 30.4. The number of rotatable bonds is 3. The van der Waals surface area contributed by atoms with Crippen molar-refractivity contribution in [3.63, 3.8) is 0 Å². The molecule has 0 fully saturated rings. The van der Waals surface area contributed by atoms with E-state index in [0.717, 1.165) is 54.8 Å². The second-order valence-electron chi connectivity index (χ2n) is 11.1. The van der Waals surface area contributed by atoms with Crippen LogP contribution in [0.3, 0.4) is 0 Å². The third-order valence-corrected chi connectivity index (χ3v) is 7.47. The number of fused-ring (bicyclic) bond motifs is 4. The Hall–Kier alpha value is -3.70. The van der Waals surface area contributed by atoms with Crippen molar-refractivity contribution < 1.29 is 27.3 Å². The molecule has 0 unspecified atom stereocenters. The molecule has 213 valence electrons. The zero-order valence-corrected chi connectivity index (χ0v) is 27.3. The number of aryl methyl sites for hydroxylation is 2. The summed E-state index contributed by atoms with van der Waals surface area (Å²) in [6, 6.07) is 32.1. The Morgan fingerprint density at radius 3 is 2.45 bits per heavy atom. The molecule has 6 heteroatoms. The average molecular weight is 748 g/mol. The van der Waals surface area contributed by atoms with Crippen molar-refractivity contribution in [2.24, 2.45) is 5.41 Å². The van der Waals surface area contributed by atoms with E-state index in [4.69, 9.17) is 12.1 Å². The molecule has 1 radical (unpaired) electrons. The molecule has 0 aliphatic carbocycles. The molecular weight excluding hydrogens is 715 g/mol. The maximum absolute atomic E-state index is 8.58. The Morgan fingerprint density at radius 1 is 0.881 bits per heavy atom. The maximum atomic E-state index is 8.58. The summed E-state index contributed by atoms with van der Waals surface area (Å²) in [6.45, 7) is 9.74. The second kappa shape index (κ2) is 12.3. The van der Waals surface area contributed by atoms with Crippen LogP contribution in [0.4, 0.5) is 0 Å². The van der Waals surface area contributed by atoms with Gasteiger partial charge in [0.15, 0.2) is 0 Å². The van der Waals surface area contributed by atoms with Gasteiger partial charge >= 0.3 is 0 Å². The van der Waals surface area contributed by atoms with Gasteiger partial charge in [0.1, 0.15) is 0 Å². The van der Waals surface area contributed by atoms with Gasteiger partial charge in [0.05, 0.1) is 15.8 Å². The first-order chi connectivity index (χ1) is 20.5. The van der Waals surface area contributed by atoms with Crippen molar-refractivity contribution in [3.05, 3.63) is 113 Å². The summed E-state index contributed by atoms with van der Waals surface area (Å²) in [6.07, 6.45) is 0.434. The summed E-state index contributed by atoms with van der Waals surface area (Å²) in [5.74, 6) is 0. The Kier molecular flexibility index (Phi) is 7.93. The van der Waals surface area contributed by atoms with Crippen LogP contribution < -0.4 is 0 Å². The fourth-order valence-corrected chi connectivity index (χ4v) is 5.69. The first-order valence-corrected chi connectivity index (χ1v) is 14.3. The summed E-state index contributed by atoms with van der Waals surface area (Å²) >= 11 is 1.46. The summed E-state index contributed by atoms with van der Waals surface area (Å²) in [5, 5.41) is 1.96. The number of aromatic nitrogens is 3. The third-order valence-electron chi connectivity index (χ3n) is 6.46. The Balaban J connectivity index is 0.000000230. The van der Waals surface area contributed by atoms with Crippen molar-refractivity contribution in [2.75, 3.05) is 0 Å². The fourth-order valence-electron chi connectivity index (χ4n) is 4.58. The van der Waals surface area contributed by atoms with Gasteiger partial charge in [-0.3, -0.25) is 4.98 Å². The molecule has 0 saturated carbocycles. The number of hydrogen-bond donors (Lipinski definition) is 0. The first kappa shape index (κ1) is 27.2. The quantitative estimate of drug-likeness (QED) is 0.169. The van der Waals surface area contributed by atoms with Gasteiger partial charge < -0.3 is 9.40 Å². The zero-order valence-electron chi connectivity index (χ0n) is 26.1. The summed E-state index contributed by atoms with van der Waals surface area (Å²) < 4.78 is 24.2. The van der Waals surface area contributed by atoms with Crippen LogP contribution in [0.15, 0.2) is 89.5 Å². The van der Waals surface area contributed by atoms with Gasteiger partial charge in [0.2, 0.25) is 5.71 Å². The normalized spacial score (nSPS) is 12.4. The van der Waals surface area contributed by atoms with Crippen molar-refractivity contribution in [1.29, 1.82) is 0 Å². The number of hydrogen-bond acceptors (Lipinski definition) is 5. The minimum absolute atomic E-state index is 0. The molecule has 0 saturated heterocycles. The monoisotopic (exact) mass is 748 g/mol. The standard InChI is InChI=1S/C24H21N2OS.C12H10N.Ir/c1-14-8-9-17-16-6-5-7-18(22(16)27-23(17)25-14)19-10-11-21-20(26-19)12-15(28-21)13-24(2,3)4;1-10-7-8-12(13-9-10)11-5-3-2-4-6-11;/h5-6,8-12H,13H2,1-4H3;2-5,7-9H,1H3;/q2*-1;/i13D2;;. The van der Waals surface area contributed by atoms with Crippen LogP contribution in [0.1, 0.15) is 39.6 Å². The predicted molar refractivity (Wildman–Crippen MR) is 170 cm³/mol. The predicted octanol–water partition coefficient (Wildman–Crippen LogP) is 9.81. The van der Waals surface area contributed by atoms with E-state index < -0.39 is 11.8 Å². The molecule has 42 heavy (non-hydrogen) atoms. The second-order valence-corrected chi connectivity index (χ2v) is 12.1. The van der Waals surface area contributed by atoms with Gasteiger partial charge in [-0.2, -0.15) is 0 Å². The number of benzene rings is 2. The van der Waals surface area contributed by atoms with Gasteiger partial charge in [-0.15, -0.1) is 65.4 Å². The Bertz CT molecular complexity index is 2060. The van der Waals surface area contributed by atoms with Crippen LogP contribution in [-0.2, 0) is 26.5 Å². The third kappa shape index (κ3) is 6.52. The number of nitrogens with zero attached hydrogens (tertiary/aromatic N) is 3. The number of pyridine rings is 3. The van der Waals surface area contributed by atoms with Gasteiger partial charge in [-0.1, -0.05) is 49.9 Å². The average Bonchev–Trinajstić information content (AvgIpc) is 3.59. The number of furan rings is 1. The van der Waals surface area contributed by atoms with E-state index >= 15 is 0 Å². The summed E-state index contributed by atoms with van der Waals surface area (Å²) in [5.41, 5.74) is 7.27. The smallest absolute Gasteiger partial charge is 0.216 e. The van der Waals surface area contributed by atoms with Crippen molar-refractivity contribution in [1.82, 2.24) is 15.0 Å². The van der Waals surface area contributed by atoms with Crippen LogP contribution in [0.2, 0.25) is 0 Å². The van der Waals surface area contributed by atoms with Crippen LogP contribution in [-0.4, -0.2) is 15.0 Å². The molecule has 0 atom stereocenters. The van der Waals surface area contributed by atoms with E-state index in [-0.39, 0.29) is 20.1 Å². The van der Waals surface area contributed by atoms with E-state index in [1.54, 1.807) is 0 Å². The Morgan fingerprint density at radius 2 is 1.71 bits per heavy atom. The van der Waals surface area contributed by atoms with Crippen LogP contribution in [0.25, 0.3) is 54.8 Å². The first-order valence-electron chi connectivity index (χ1n) is 14.5.